The lowest BCUT2D eigenvalue weighted by Crippen LogP contribution is -2.47. The fourth-order valence-corrected chi connectivity index (χ4v) is 3.38. The van der Waals surface area contributed by atoms with Crippen molar-refractivity contribution in [2.45, 2.75) is 19.9 Å². The molecule has 3 rings (SSSR count). The van der Waals surface area contributed by atoms with Gasteiger partial charge < -0.3 is 9.64 Å². The van der Waals surface area contributed by atoms with Crippen LogP contribution in [0.25, 0.3) is 0 Å². The largest absolute Gasteiger partial charge is 0.497 e. The van der Waals surface area contributed by atoms with E-state index in [0.29, 0.717) is 6.04 Å². The fraction of sp³-hybridized carbons (Fsp3) is 0.400. The van der Waals surface area contributed by atoms with Gasteiger partial charge >= 0.3 is 0 Å². The summed E-state index contributed by atoms with van der Waals surface area (Å²) in [6, 6.07) is 17.5. The second kappa shape index (κ2) is 7.05. The first-order valence-electron chi connectivity index (χ1n) is 8.37. The second-order valence-electron chi connectivity index (χ2n) is 6.26. The van der Waals surface area contributed by atoms with Crippen molar-refractivity contribution in [3.8, 4) is 5.75 Å². The predicted molar refractivity (Wildman–Crippen MR) is 96.4 cm³/mol. The van der Waals surface area contributed by atoms with Gasteiger partial charge in [0.15, 0.2) is 0 Å². The van der Waals surface area contributed by atoms with Crippen LogP contribution in [0.1, 0.15) is 24.1 Å². The number of hydrogen-bond acceptors (Lipinski definition) is 3. The Labute approximate surface area is 139 Å². The number of benzene rings is 2. The van der Waals surface area contributed by atoms with Crippen molar-refractivity contribution in [2.75, 3.05) is 38.2 Å². The van der Waals surface area contributed by atoms with Gasteiger partial charge in [0.1, 0.15) is 5.75 Å². The molecule has 1 atom stereocenters. The molecule has 0 bridgehead atoms. The van der Waals surface area contributed by atoms with Crippen LogP contribution in [0.4, 0.5) is 5.69 Å². The smallest absolute Gasteiger partial charge is 0.119 e. The molecule has 0 aliphatic carbocycles. The highest BCUT2D eigenvalue weighted by Crippen LogP contribution is 2.27. The second-order valence-corrected chi connectivity index (χ2v) is 6.26. The summed E-state index contributed by atoms with van der Waals surface area (Å²) in [5.41, 5.74) is 4.07. The molecular weight excluding hydrogens is 284 g/mol. The van der Waals surface area contributed by atoms with Gasteiger partial charge in [0.25, 0.3) is 0 Å². The lowest BCUT2D eigenvalue weighted by molar-refractivity contribution is 0.198. The SMILES string of the molecule is COc1cccc(C(C)N2CCN(c3ccccc3C)CC2)c1. The summed E-state index contributed by atoms with van der Waals surface area (Å²) in [6.07, 6.45) is 0. The molecular formula is C20H26N2O. The predicted octanol–water partition coefficient (Wildman–Crippen LogP) is 3.89. The number of hydrogen-bond donors (Lipinski definition) is 0. The quantitative estimate of drug-likeness (QED) is 0.852. The van der Waals surface area contributed by atoms with E-state index in [2.05, 4.69) is 66.1 Å². The zero-order valence-electron chi connectivity index (χ0n) is 14.3. The van der Waals surface area contributed by atoms with Gasteiger partial charge in [-0.2, -0.15) is 0 Å². The minimum absolute atomic E-state index is 0.420. The van der Waals surface area contributed by atoms with Gasteiger partial charge in [-0.1, -0.05) is 30.3 Å². The highest BCUT2D eigenvalue weighted by atomic mass is 16.5. The summed E-state index contributed by atoms with van der Waals surface area (Å²) in [5.74, 6) is 0.938. The normalized spacial score (nSPS) is 17.1. The molecule has 0 saturated carbocycles. The lowest BCUT2D eigenvalue weighted by Gasteiger charge is -2.39. The zero-order chi connectivity index (χ0) is 16.2. The molecule has 0 amide bonds. The van der Waals surface area contributed by atoms with Gasteiger partial charge in [0, 0.05) is 37.9 Å². The highest BCUT2D eigenvalue weighted by Gasteiger charge is 2.23. The molecule has 0 aromatic heterocycles. The van der Waals surface area contributed by atoms with Crippen LogP contribution in [-0.2, 0) is 0 Å². The maximum atomic E-state index is 5.35. The third kappa shape index (κ3) is 3.50. The molecule has 1 heterocycles. The van der Waals surface area contributed by atoms with Crippen LogP contribution in [-0.4, -0.2) is 38.2 Å². The molecule has 3 nitrogen and oxygen atoms in total. The molecule has 0 spiro atoms. The number of piperazine rings is 1. The lowest BCUT2D eigenvalue weighted by atomic mass is 10.1. The van der Waals surface area contributed by atoms with E-state index >= 15 is 0 Å². The van der Waals surface area contributed by atoms with E-state index in [4.69, 9.17) is 4.74 Å². The molecule has 1 aliphatic heterocycles. The fourth-order valence-electron chi connectivity index (χ4n) is 3.38. The number of para-hydroxylation sites is 1. The van der Waals surface area contributed by atoms with Crippen LogP contribution in [0, 0.1) is 6.92 Å². The maximum absolute atomic E-state index is 5.35. The van der Waals surface area contributed by atoms with Crippen molar-refractivity contribution in [2.24, 2.45) is 0 Å². The maximum Gasteiger partial charge on any atom is 0.119 e. The molecule has 3 heteroatoms. The summed E-state index contributed by atoms with van der Waals surface area (Å²) < 4.78 is 5.35. The van der Waals surface area contributed by atoms with E-state index in [1.54, 1.807) is 7.11 Å². The number of methoxy groups -OCH3 is 1. The third-order valence-electron chi connectivity index (χ3n) is 4.89. The van der Waals surface area contributed by atoms with Crippen LogP contribution in [0.15, 0.2) is 48.5 Å². The monoisotopic (exact) mass is 310 g/mol. The number of nitrogens with zero attached hydrogens (tertiary/aromatic N) is 2. The summed E-state index contributed by atoms with van der Waals surface area (Å²) >= 11 is 0. The van der Waals surface area contributed by atoms with Gasteiger partial charge in [-0.25, -0.2) is 0 Å². The average molecular weight is 310 g/mol. The summed E-state index contributed by atoms with van der Waals surface area (Å²) in [7, 11) is 1.73. The Morgan fingerprint density at radius 3 is 2.39 bits per heavy atom. The first-order chi connectivity index (χ1) is 11.2. The Balaban J connectivity index is 1.65. The van der Waals surface area contributed by atoms with E-state index in [1.165, 1.54) is 16.8 Å². The van der Waals surface area contributed by atoms with E-state index in [0.717, 1.165) is 31.9 Å². The molecule has 2 aromatic rings. The number of rotatable bonds is 4. The molecule has 0 N–H and O–H groups in total. The van der Waals surface area contributed by atoms with Gasteiger partial charge in [-0.15, -0.1) is 0 Å². The Kier molecular flexibility index (Phi) is 4.87. The molecule has 1 unspecified atom stereocenters. The standard InChI is InChI=1S/C20H26N2O/c1-16-7-4-5-10-20(16)22-13-11-21(12-14-22)17(2)18-8-6-9-19(15-18)23-3/h4-10,15,17H,11-14H2,1-3H3. The van der Waals surface area contributed by atoms with Crippen LogP contribution >= 0.6 is 0 Å². The summed E-state index contributed by atoms with van der Waals surface area (Å²) in [6.45, 7) is 8.83. The van der Waals surface area contributed by atoms with Crippen molar-refractivity contribution in [1.82, 2.24) is 4.90 Å². The van der Waals surface area contributed by atoms with Crippen molar-refractivity contribution >= 4 is 5.69 Å². The third-order valence-corrected chi connectivity index (χ3v) is 4.89. The van der Waals surface area contributed by atoms with Crippen LogP contribution in [0.5, 0.6) is 5.75 Å². The van der Waals surface area contributed by atoms with Crippen molar-refractivity contribution < 1.29 is 4.74 Å². The van der Waals surface area contributed by atoms with E-state index in [-0.39, 0.29) is 0 Å². The van der Waals surface area contributed by atoms with Crippen molar-refractivity contribution in [3.05, 3.63) is 59.7 Å². The van der Waals surface area contributed by atoms with E-state index in [9.17, 15) is 0 Å². The van der Waals surface area contributed by atoms with Crippen molar-refractivity contribution in [1.29, 1.82) is 0 Å². The van der Waals surface area contributed by atoms with Gasteiger partial charge in [0.05, 0.1) is 7.11 Å². The molecule has 1 fully saturated rings. The molecule has 1 aliphatic rings. The molecule has 0 radical (unpaired) electrons. The summed E-state index contributed by atoms with van der Waals surface area (Å²) in [4.78, 5) is 5.06. The minimum atomic E-state index is 0.420. The number of anilines is 1. The zero-order valence-corrected chi connectivity index (χ0v) is 14.3. The van der Waals surface area contributed by atoms with Crippen LogP contribution in [0.3, 0.4) is 0 Å². The Hall–Kier alpha value is -2.00. The molecule has 23 heavy (non-hydrogen) atoms. The van der Waals surface area contributed by atoms with E-state index in [1.807, 2.05) is 6.07 Å². The number of aryl methyl sites for hydroxylation is 1. The highest BCUT2D eigenvalue weighted by molar-refractivity contribution is 5.53. The summed E-state index contributed by atoms with van der Waals surface area (Å²) in [5, 5.41) is 0. The topological polar surface area (TPSA) is 15.7 Å². The van der Waals surface area contributed by atoms with Gasteiger partial charge in [0.2, 0.25) is 0 Å². The average Bonchev–Trinajstić information content (AvgIpc) is 2.62. The van der Waals surface area contributed by atoms with E-state index < -0.39 is 0 Å². The first kappa shape index (κ1) is 15.9. The molecule has 2 aromatic carbocycles. The van der Waals surface area contributed by atoms with Gasteiger partial charge in [-0.3, -0.25) is 4.90 Å². The molecule has 122 valence electrons. The molecule has 1 saturated heterocycles. The van der Waals surface area contributed by atoms with Crippen LogP contribution < -0.4 is 9.64 Å². The number of ether oxygens (including phenoxy) is 1. The van der Waals surface area contributed by atoms with Gasteiger partial charge in [-0.05, 0) is 43.2 Å². The van der Waals surface area contributed by atoms with Crippen LogP contribution in [0.2, 0.25) is 0 Å². The Bertz CT molecular complexity index is 648. The Morgan fingerprint density at radius 2 is 1.70 bits per heavy atom. The van der Waals surface area contributed by atoms with Crippen molar-refractivity contribution in [3.63, 3.8) is 0 Å². The minimum Gasteiger partial charge on any atom is -0.497 e. The Morgan fingerprint density at radius 1 is 0.957 bits per heavy atom. The first-order valence-corrected chi connectivity index (χ1v) is 8.37.